The van der Waals surface area contributed by atoms with Gasteiger partial charge in [0, 0.05) is 17.9 Å². The molecule has 0 fully saturated rings. The Balaban J connectivity index is 2.49. The SMILES string of the molecule is CC(C)(C)[S+]([O-])NCCc1cc(F)ccc1O. The lowest BCUT2D eigenvalue weighted by Gasteiger charge is -2.23. The molecular formula is C12H18FNO2S. The van der Waals surface area contributed by atoms with Crippen LogP contribution in [0, 0.1) is 5.82 Å². The average molecular weight is 259 g/mol. The number of hydrogen-bond acceptors (Lipinski definition) is 3. The van der Waals surface area contributed by atoms with Crippen LogP contribution in [-0.4, -0.2) is 21.0 Å². The summed E-state index contributed by atoms with van der Waals surface area (Å²) in [5, 5.41) is 9.49. The predicted octanol–water partition coefficient (Wildman–Crippen LogP) is 2.13. The van der Waals surface area contributed by atoms with Crippen LogP contribution in [0.3, 0.4) is 0 Å². The first-order valence-corrected chi connectivity index (χ1v) is 6.58. The van der Waals surface area contributed by atoms with Crippen LogP contribution >= 0.6 is 0 Å². The number of phenolic OH excluding ortho intramolecular Hbond substituents is 1. The van der Waals surface area contributed by atoms with Gasteiger partial charge in [-0.15, -0.1) is 4.72 Å². The zero-order valence-electron chi connectivity index (χ0n) is 10.3. The molecule has 1 atom stereocenters. The van der Waals surface area contributed by atoms with Crippen LogP contribution in [0.1, 0.15) is 26.3 Å². The van der Waals surface area contributed by atoms with Gasteiger partial charge in [-0.3, -0.25) is 0 Å². The highest BCUT2D eigenvalue weighted by Gasteiger charge is 2.25. The molecule has 0 saturated carbocycles. The van der Waals surface area contributed by atoms with E-state index in [0.717, 1.165) is 0 Å². The lowest BCUT2D eigenvalue weighted by Crippen LogP contribution is -2.40. The second-order valence-electron chi connectivity index (χ2n) is 4.80. The summed E-state index contributed by atoms with van der Waals surface area (Å²) in [5.41, 5.74) is 0.517. The Morgan fingerprint density at radius 3 is 2.65 bits per heavy atom. The van der Waals surface area contributed by atoms with Crippen LogP contribution in [0.2, 0.25) is 0 Å². The topological polar surface area (TPSA) is 55.3 Å². The second kappa shape index (κ2) is 5.71. The van der Waals surface area contributed by atoms with Gasteiger partial charge in [-0.05, 0) is 51.0 Å². The van der Waals surface area contributed by atoms with Crippen LogP contribution in [0.5, 0.6) is 5.75 Å². The van der Waals surface area contributed by atoms with Crippen LogP contribution in [0.15, 0.2) is 18.2 Å². The van der Waals surface area contributed by atoms with Crippen molar-refractivity contribution in [2.24, 2.45) is 0 Å². The van der Waals surface area contributed by atoms with Gasteiger partial charge in [0.1, 0.15) is 16.3 Å². The van der Waals surface area contributed by atoms with E-state index in [0.29, 0.717) is 18.5 Å². The van der Waals surface area contributed by atoms with E-state index in [9.17, 15) is 14.0 Å². The molecular weight excluding hydrogens is 241 g/mol. The molecule has 0 radical (unpaired) electrons. The number of rotatable bonds is 4. The van der Waals surface area contributed by atoms with E-state index in [1.165, 1.54) is 18.2 Å². The molecule has 0 aliphatic heterocycles. The standard InChI is InChI=1S/C12H18FNO2S/c1-12(2,3)17(16)14-7-6-9-8-10(13)4-5-11(9)15/h4-5,8,14-15H,6-7H2,1-3H3. The minimum atomic E-state index is -1.15. The maximum atomic E-state index is 12.9. The van der Waals surface area contributed by atoms with Gasteiger partial charge in [0.2, 0.25) is 0 Å². The minimum Gasteiger partial charge on any atom is -0.598 e. The molecule has 0 bridgehead atoms. The van der Waals surface area contributed by atoms with Gasteiger partial charge in [0.25, 0.3) is 0 Å². The third-order valence-corrected chi connectivity index (χ3v) is 3.80. The van der Waals surface area contributed by atoms with E-state index in [4.69, 9.17) is 0 Å². The van der Waals surface area contributed by atoms with Gasteiger partial charge >= 0.3 is 0 Å². The van der Waals surface area contributed by atoms with Crippen LogP contribution in [0.4, 0.5) is 4.39 Å². The van der Waals surface area contributed by atoms with E-state index in [-0.39, 0.29) is 16.3 Å². The molecule has 0 aromatic heterocycles. The monoisotopic (exact) mass is 259 g/mol. The van der Waals surface area contributed by atoms with Crippen LogP contribution in [-0.2, 0) is 17.8 Å². The fourth-order valence-electron chi connectivity index (χ4n) is 1.25. The Morgan fingerprint density at radius 1 is 1.41 bits per heavy atom. The number of halogens is 1. The summed E-state index contributed by atoms with van der Waals surface area (Å²) in [4.78, 5) is 0. The highest BCUT2D eigenvalue weighted by molar-refractivity contribution is 7.90. The van der Waals surface area contributed by atoms with Crippen molar-refractivity contribution in [2.75, 3.05) is 6.54 Å². The first-order chi connectivity index (χ1) is 7.80. The van der Waals surface area contributed by atoms with Gasteiger partial charge in [0.05, 0.1) is 0 Å². The van der Waals surface area contributed by atoms with E-state index in [1.807, 2.05) is 20.8 Å². The van der Waals surface area contributed by atoms with Gasteiger partial charge in [-0.2, -0.15) is 0 Å². The third-order valence-electron chi connectivity index (χ3n) is 2.23. The van der Waals surface area contributed by atoms with Crippen molar-refractivity contribution >= 4 is 11.4 Å². The molecule has 2 N–H and O–H groups in total. The van der Waals surface area contributed by atoms with E-state index < -0.39 is 11.4 Å². The molecule has 3 nitrogen and oxygen atoms in total. The van der Waals surface area contributed by atoms with Crippen molar-refractivity contribution in [1.29, 1.82) is 0 Å². The summed E-state index contributed by atoms with van der Waals surface area (Å²) >= 11 is -1.15. The maximum absolute atomic E-state index is 12.9. The molecule has 1 aromatic carbocycles. The number of benzene rings is 1. The molecule has 0 heterocycles. The van der Waals surface area contributed by atoms with Crippen molar-refractivity contribution in [3.8, 4) is 5.75 Å². The highest BCUT2D eigenvalue weighted by atomic mass is 32.2. The second-order valence-corrected chi connectivity index (χ2v) is 6.85. The van der Waals surface area contributed by atoms with Crippen molar-refractivity contribution < 1.29 is 14.0 Å². The Bertz CT molecular complexity index is 379. The van der Waals surface area contributed by atoms with Crippen LogP contribution < -0.4 is 4.72 Å². The molecule has 0 aliphatic rings. The first kappa shape index (κ1) is 14.3. The predicted molar refractivity (Wildman–Crippen MR) is 67.7 cm³/mol. The number of phenols is 1. The zero-order valence-corrected chi connectivity index (χ0v) is 11.1. The number of hydrogen-bond donors (Lipinski definition) is 2. The summed E-state index contributed by atoms with van der Waals surface area (Å²) in [6.07, 6.45) is 0.436. The molecule has 0 spiro atoms. The highest BCUT2D eigenvalue weighted by Crippen LogP contribution is 2.18. The minimum absolute atomic E-state index is 0.0646. The molecule has 0 aliphatic carbocycles. The van der Waals surface area contributed by atoms with Gasteiger partial charge < -0.3 is 9.66 Å². The number of aromatic hydroxyl groups is 1. The summed E-state index contributed by atoms with van der Waals surface area (Å²) in [7, 11) is 0. The smallest absolute Gasteiger partial charge is 0.136 e. The van der Waals surface area contributed by atoms with Gasteiger partial charge in [0.15, 0.2) is 0 Å². The fourth-order valence-corrected chi connectivity index (χ4v) is 1.97. The van der Waals surface area contributed by atoms with E-state index in [1.54, 1.807) is 0 Å². The lowest BCUT2D eigenvalue weighted by molar-refractivity contribution is 0.464. The van der Waals surface area contributed by atoms with Crippen LogP contribution in [0.25, 0.3) is 0 Å². The van der Waals surface area contributed by atoms with Gasteiger partial charge in [-0.1, -0.05) is 0 Å². The summed E-state index contributed by atoms with van der Waals surface area (Å²) in [6.45, 7) is 6.04. The molecule has 1 rings (SSSR count). The average Bonchev–Trinajstić information content (AvgIpc) is 2.21. The van der Waals surface area contributed by atoms with Crippen molar-refractivity contribution in [1.82, 2.24) is 4.72 Å². The number of nitrogens with one attached hydrogen (secondary N) is 1. The van der Waals surface area contributed by atoms with E-state index in [2.05, 4.69) is 4.72 Å². The zero-order chi connectivity index (χ0) is 13.1. The summed E-state index contributed by atoms with van der Waals surface area (Å²) < 4.78 is 27.1. The summed E-state index contributed by atoms with van der Waals surface area (Å²) in [5.74, 6) is -0.315. The molecule has 1 aromatic rings. The first-order valence-electron chi connectivity index (χ1n) is 5.43. The Labute approximate surface area is 104 Å². The maximum Gasteiger partial charge on any atom is 0.136 e. The molecule has 17 heavy (non-hydrogen) atoms. The van der Waals surface area contributed by atoms with Crippen molar-refractivity contribution in [3.05, 3.63) is 29.6 Å². The van der Waals surface area contributed by atoms with E-state index >= 15 is 0 Å². The molecule has 0 amide bonds. The Hall–Kier alpha value is -0.780. The normalized spacial score (nSPS) is 13.7. The Kier molecular flexibility index (Phi) is 4.80. The summed E-state index contributed by atoms with van der Waals surface area (Å²) in [6, 6.07) is 3.82. The van der Waals surface area contributed by atoms with Crippen molar-refractivity contribution in [3.63, 3.8) is 0 Å². The fraction of sp³-hybridized carbons (Fsp3) is 0.500. The van der Waals surface area contributed by atoms with Gasteiger partial charge in [-0.25, -0.2) is 4.39 Å². The molecule has 0 saturated heterocycles. The largest absolute Gasteiger partial charge is 0.598 e. The molecule has 1 unspecified atom stereocenters. The molecule has 5 heteroatoms. The van der Waals surface area contributed by atoms with Crippen molar-refractivity contribution in [2.45, 2.75) is 31.9 Å². The quantitative estimate of drug-likeness (QED) is 0.814. The Morgan fingerprint density at radius 2 is 2.06 bits per heavy atom. The lowest BCUT2D eigenvalue weighted by atomic mass is 10.1. The third kappa shape index (κ3) is 4.53. The molecule has 96 valence electrons.